The summed E-state index contributed by atoms with van der Waals surface area (Å²) < 4.78 is 2.94. The number of aldehydes is 1. The number of imidazole rings is 1. The van der Waals surface area contributed by atoms with Crippen LogP contribution in [0.1, 0.15) is 16.1 Å². The number of hydrogen-bond acceptors (Lipinski definition) is 2. The molecule has 0 saturated heterocycles. The molecule has 0 spiro atoms. The predicted octanol–water partition coefficient (Wildman–Crippen LogP) is 2.51. The molecule has 0 aliphatic carbocycles. The van der Waals surface area contributed by atoms with E-state index in [1.807, 2.05) is 28.8 Å². The molecule has 1 aromatic heterocycles. The van der Waals surface area contributed by atoms with Crippen molar-refractivity contribution >= 4 is 22.2 Å². The monoisotopic (exact) mass is 264 g/mol. The molecule has 15 heavy (non-hydrogen) atoms. The quantitative estimate of drug-likeness (QED) is 0.799. The first-order valence-corrected chi connectivity index (χ1v) is 5.29. The van der Waals surface area contributed by atoms with E-state index in [9.17, 15) is 4.79 Å². The number of carbonyl (C=O) groups is 1. The van der Waals surface area contributed by atoms with Crippen molar-refractivity contribution in [1.29, 1.82) is 0 Å². The minimum Gasteiger partial charge on any atom is -0.332 e. The first-order valence-electron chi connectivity index (χ1n) is 4.50. The summed E-state index contributed by atoms with van der Waals surface area (Å²) in [6, 6.07) is 7.98. The summed E-state index contributed by atoms with van der Waals surface area (Å²) in [6.45, 7) is 0.711. The smallest absolute Gasteiger partial charge is 0.169 e. The third-order valence-electron chi connectivity index (χ3n) is 2.08. The zero-order valence-corrected chi connectivity index (χ0v) is 9.52. The van der Waals surface area contributed by atoms with E-state index in [1.54, 1.807) is 12.5 Å². The third-order valence-corrected chi connectivity index (χ3v) is 2.86. The molecule has 0 amide bonds. The van der Waals surface area contributed by atoms with Crippen LogP contribution in [-0.4, -0.2) is 15.8 Å². The van der Waals surface area contributed by atoms with Crippen molar-refractivity contribution in [2.24, 2.45) is 0 Å². The van der Waals surface area contributed by atoms with Crippen LogP contribution in [-0.2, 0) is 6.54 Å². The standard InChI is InChI=1S/C11H9BrN2O/c12-11-4-2-1-3-9(11)5-14-6-10(7-15)13-8-14/h1-4,6-8H,5H2. The Bertz CT molecular complexity index is 479. The molecule has 1 heterocycles. The molecular formula is C11H9BrN2O. The summed E-state index contributed by atoms with van der Waals surface area (Å²) in [5.74, 6) is 0. The van der Waals surface area contributed by atoms with Gasteiger partial charge in [0.25, 0.3) is 0 Å². The van der Waals surface area contributed by atoms with Gasteiger partial charge in [0.05, 0.1) is 6.33 Å². The van der Waals surface area contributed by atoms with E-state index in [1.165, 1.54) is 0 Å². The number of hydrogen-bond donors (Lipinski definition) is 0. The molecule has 2 aromatic rings. The number of halogens is 1. The number of nitrogens with zero attached hydrogens (tertiary/aromatic N) is 2. The Hall–Kier alpha value is -1.42. The lowest BCUT2D eigenvalue weighted by Gasteiger charge is -2.04. The van der Waals surface area contributed by atoms with Gasteiger partial charge in [-0.15, -0.1) is 0 Å². The zero-order valence-electron chi connectivity index (χ0n) is 7.93. The van der Waals surface area contributed by atoms with Gasteiger partial charge in [0, 0.05) is 17.2 Å². The van der Waals surface area contributed by atoms with Gasteiger partial charge in [-0.05, 0) is 11.6 Å². The summed E-state index contributed by atoms with van der Waals surface area (Å²) in [5.41, 5.74) is 1.62. The maximum absolute atomic E-state index is 10.5. The van der Waals surface area contributed by atoms with Gasteiger partial charge in [-0.1, -0.05) is 34.1 Å². The van der Waals surface area contributed by atoms with Crippen LogP contribution in [0, 0.1) is 0 Å². The Morgan fingerprint density at radius 1 is 1.40 bits per heavy atom. The summed E-state index contributed by atoms with van der Waals surface area (Å²) in [4.78, 5) is 14.4. The molecule has 3 nitrogen and oxygen atoms in total. The molecule has 0 unspecified atom stereocenters. The van der Waals surface area contributed by atoms with E-state index in [2.05, 4.69) is 20.9 Å². The lowest BCUT2D eigenvalue weighted by molar-refractivity contribution is 0.111. The van der Waals surface area contributed by atoms with E-state index in [-0.39, 0.29) is 0 Å². The van der Waals surface area contributed by atoms with Crippen LogP contribution in [0.5, 0.6) is 0 Å². The number of rotatable bonds is 3. The van der Waals surface area contributed by atoms with Crippen LogP contribution in [0.15, 0.2) is 41.3 Å². The van der Waals surface area contributed by atoms with Crippen LogP contribution in [0.3, 0.4) is 0 Å². The predicted molar refractivity (Wildman–Crippen MR) is 60.9 cm³/mol. The van der Waals surface area contributed by atoms with Crippen LogP contribution in [0.4, 0.5) is 0 Å². The largest absolute Gasteiger partial charge is 0.332 e. The van der Waals surface area contributed by atoms with E-state index >= 15 is 0 Å². The van der Waals surface area contributed by atoms with Crippen molar-refractivity contribution in [2.45, 2.75) is 6.54 Å². The molecule has 0 N–H and O–H groups in total. The Morgan fingerprint density at radius 3 is 2.87 bits per heavy atom. The van der Waals surface area contributed by atoms with Crippen molar-refractivity contribution in [2.75, 3.05) is 0 Å². The SMILES string of the molecule is O=Cc1cn(Cc2ccccc2Br)cn1. The summed E-state index contributed by atoms with van der Waals surface area (Å²) >= 11 is 3.47. The number of benzene rings is 1. The lowest BCUT2D eigenvalue weighted by Crippen LogP contribution is -1.96. The second-order valence-electron chi connectivity index (χ2n) is 3.18. The van der Waals surface area contributed by atoms with Gasteiger partial charge in [0.2, 0.25) is 0 Å². The van der Waals surface area contributed by atoms with Gasteiger partial charge >= 0.3 is 0 Å². The average Bonchev–Trinajstić information content (AvgIpc) is 2.69. The van der Waals surface area contributed by atoms with Gasteiger partial charge < -0.3 is 4.57 Å². The highest BCUT2D eigenvalue weighted by Crippen LogP contribution is 2.16. The molecule has 76 valence electrons. The molecule has 4 heteroatoms. The number of aromatic nitrogens is 2. The molecule has 0 aliphatic rings. The molecule has 0 radical (unpaired) electrons. The van der Waals surface area contributed by atoms with Crippen molar-refractivity contribution in [3.05, 3.63) is 52.5 Å². The average molecular weight is 265 g/mol. The summed E-state index contributed by atoms with van der Waals surface area (Å²) in [5, 5.41) is 0. The Kier molecular flexibility index (Phi) is 2.97. The van der Waals surface area contributed by atoms with Crippen molar-refractivity contribution in [1.82, 2.24) is 9.55 Å². The highest BCUT2D eigenvalue weighted by molar-refractivity contribution is 9.10. The maximum Gasteiger partial charge on any atom is 0.169 e. The fraction of sp³-hybridized carbons (Fsp3) is 0.0909. The highest BCUT2D eigenvalue weighted by Gasteiger charge is 2.01. The summed E-state index contributed by atoms with van der Waals surface area (Å²) in [7, 11) is 0. The van der Waals surface area contributed by atoms with E-state index in [4.69, 9.17) is 0 Å². The first kappa shape index (κ1) is 10.1. The molecule has 1 aromatic carbocycles. The molecule has 0 fully saturated rings. The van der Waals surface area contributed by atoms with Gasteiger partial charge in [0.1, 0.15) is 5.69 Å². The molecule has 0 bridgehead atoms. The summed E-state index contributed by atoms with van der Waals surface area (Å²) in [6.07, 6.45) is 4.13. The van der Waals surface area contributed by atoms with E-state index in [0.717, 1.165) is 16.3 Å². The van der Waals surface area contributed by atoms with E-state index < -0.39 is 0 Å². The van der Waals surface area contributed by atoms with Crippen LogP contribution >= 0.6 is 15.9 Å². The molecule has 0 aliphatic heterocycles. The van der Waals surface area contributed by atoms with Crippen molar-refractivity contribution in [3.8, 4) is 0 Å². The van der Waals surface area contributed by atoms with Crippen LogP contribution < -0.4 is 0 Å². The second-order valence-corrected chi connectivity index (χ2v) is 4.03. The first-order chi connectivity index (χ1) is 7.29. The Labute approximate surface area is 95.9 Å². The van der Waals surface area contributed by atoms with Crippen molar-refractivity contribution in [3.63, 3.8) is 0 Å². The normalized spacial score (nSPS) is 10.2. The number of carbonyl (C=O) groups excluding carboxylic acids is 1. The van der Waals surface area contributed by atoms with E-state index in [0.29, 0.717) is 12.2 Å². The van der Waals surface area contributed by atoms with Gasteiger partial charge in [-0.2, -0.15) is 0 Å². The minimum absolute atomic E-state index is 0.460. The Morgan fingerprint density at radius 2 is 2.20 bits per heavy atom. The highest BCUT2D eigenvalue weighted by atomic mass is 79.9. The third kappa shape index (κ3) is 2.33. The Balaban J connectivity index is 2.22. The molecule has 0 saturated carbocycles. The second kappa shape index (κ2) is 4.40. The topological polar surface area (TPSA) is 34.9 Å². The fourth-order valence-electron chi connectivity index (χ4n) is 1.35. The minimum atomic E-state index is 0.460. The maximum atomic E-state index is 10.5. The van der Waals surface area contributed by atoms with Gasteiger partial charge in [0.15, 0.2) is 6.29 Å². The molecular weight excluding hydrogens is 256 g/mol. The van der Waals surface area contributed by atoms with Crippen LogP contribution in [0.2, 0.25) is 0 Å². The van der Waals surface area contributed by atoms with Gasteiger partial charge in [-0.25, -0.2) is 4.98 Å². The zero-order chi connectivity index (χ0) is 10.7. The van der Waals surface area contributed by atoms with Gasteiger partial charge in [-0.3, -0.25) is 4.79 Å². The van der Waals surface area contributed by atoms with Crippen LogP contribution in [0.25, 0.3) is 0 Å². The molecule has 2 rings (SSSR count). The fourth-order valence-corrected chi connectivity index (χ4v) is 1.76. The lowest BCUT2D eigenvalue weighted by atomic mass is 10.2. The van der Waals surface area contributed by atoms with Crippen molar-refractivity contribution < 1.29 is 4.79 Å². The molecule has 0 atom stereocenters.